The third kappa shape index (κ3) is 2.23. The Balaban J connectivity index is 1.84. The fraction of sp³-hybridized carbons (Fsp3) is 0.875. The maximum absolute atomic E-state index is 12.4. The number of carbonyl (C=O) groups excluding carboxylic acids is 2. The van der Waals surface area contributed by atoms with E-state index in [9.17, 15) is 9.59 Å². The van der Waals surface area contributed by atoms with Crippen LogP contribution in [-0.2, 0) is 19.1 Å². The Morgan fingerprint density at radius 3 is 2.45 bits per heavy atom. The van der Waals surface area contributed by atoms with Crippen molar-refractivity contribution >= 4 is 11.9 Å². The number of hydrogen-bond donors (Lipinski definition) is 0. The fourth-order valence-electron chi connectivity index (χ4n) is 3.96. The first-order valence-corrected chi connectivity index (χ1v) is 7.80. The summed E-state index contributed by atoms with van der Waals surface area (Å²) < 4.78 is 11.4. The Labute approximate surface area is 120 Å². The van der Waals surface area contributed by atoms with E-state index in [1.807, 2.05) is 20.8 Å². The van der Waals surface area contributed by atoms with Crippen molar-refractivity contribution in [1.82, 2.24) is 0 Å². The van der Waals surface area contributed by atoms with E-state index in [1.54, 1.807) is 0 Å². The molecule has 0 aromatic rings. The first kappa shape index (κ1) is 13.9. The van der Waals surface area contributed by atoms with Gasteiger partial charge in [-0.15, -0.1) is 0 Å². The lowest BCUT2D eigenvalue weighted by atomic mass is 9.67. The highest BCUT2D eigenvalue weighted by atomic mass is 16.7. The molecule has 0 N–H and O–H groups in total. The summed E-state index contributed by atoms with van der Waals surface area (Å²) in [5.41, 5.74) is -0.524. The van der Waals surface area contributed by atoms with Crippen molar-refractivity contribution in [1.29, 1.82) is 0 Å². The Bertz CT molecular complexity index is 426. The van der Waals surface area contributed by atoms with Gasteiger partial charge in [-0.05, 0) is 51.4 Å². The lowest BCUT2D eigenvalue weighted by molar-refractivity contribution is -0.246. The van der Waals surface area contributed by atoms with E-state index in [-0.39, 0.29) is 17.9 Å². The van der Waals surface area contributed by atoms with Gasteiger partial charge < -0.3 is 9.47 Å². The van der Waals surface area contributed by atoms with Gasteiger partial charge in [-0.25, -0.2) is 0 Å². The molecule has 4 nitrogen and oxygen atoms in total. The summed E-state index contributed by atoms with van der Waals surface area (Å²) in [7, 11) is 0. The highest BCUT2D eigenvalue weighted by Crippen LogP contribution is 2.52. The predicted molar refractivity (Wildman–Crippen MR) is 72.5 cm³/mol. The lowest BCUT2D eigenvalue weighted by Crippen LogP contribution is -2.46. The zero-order valence-corrected chi connectivity index (χ0v) is 12.6. The maximum Gasteiger partial charge on any atom is 0.314 e. The van der Waals surface area contributed by atoms with Gasteiger partial charge in [0, 0.05) is 12.8 Å². The molecule has 2 heterocycles. The SMILES string of the molecule is CCC(C)(C)C(=O)OC12CC3CC(CC(C3)C(=O)O1)C2. The molecule has 0 aromatic heterocycles. The summed E-state index contributed by atoms with van der Waals surface area (Å²) in [6, 6.07) is 0. The van der Waals surface area contributed by atoms with Gasteiger partial charge in [-0.1, -0.05) is 6.92 Å². The van der Waals surface area contributed by atoms with Crippen molar-refractivity contribution in [2.45, 2.75) is 65.1 Å². The van der Waals surface area contributed by atoms with Crippen LogP contribution >= 0.6 is 0 Å². The predicted octanol–water partition coefficient (Wildman–Crippen LogP) is 3.05. The average molecular weight is 280 g/mol. The van der Waals surface area contributed by atoms with Crippen LogP contribution in [0.1, 0.15) is 59.3 Å². The quantitative estimate of drug-likeness (QED) is 0.746. The summed E-state index contributed by atoms with van der Waals surface area (Å²) in [4.78, 5) is 24.5. The van der Waals surface area contributed by atoms with Gasteiger partial charge in [-0.2, -0.15) is 0 Å². The number of fused-ring (bicyclic) bond motifs is 1. The molecule has 0 aromatic carbocycles. The first-order chi connectivity index (χ1) is 9.33. The van der Waals surface area contributed by atoms with Crippen LogP contribution in [0, 0.1) is 23.2 Å². The fourth-order valence-corrected chi connectivity index (χ4v) is 3.96. The minimum absolute atomic E-state index is 0.0287. The van der Waals surface area contributed by atoms with E-state index >= 15 is 0 Å². The van der Waals surface area contributed by atoms with Crippen LogP contribution in [0.15, 0.2) is 0 Å². The van der Waals surface area contributed by atoms with E-state index in [2.05, 4.69) is 0 Å². The molecule has 20 heavy (non-hydrogen) atoms. The van der Waals surface area contributed by atoms with Crippen LogP contribution in [0.3, 0.4) is 0 Å². The highest BCUT2D eigenvalue weighted by Gasteiger charge is 2.55. The minimum atomic E-state index is -0.973. The smallest absolute Gasteiger partial charge is 0.314 e. The number of esters is 2. The first-order valence-electron chi connectivity index (χ1n) is 7.80. The van der Waals surface area contributed by atoms with Gasteiger partial charge in [0.2, 0.25) is 0 Å². The molecule has 2 unspecified atom stereocenters. The second kappa shape index (κ2) is 4.47. The van der Waals surface area contributed by atoms with Crippen molar-refractivity contribution in [3.63, 3.8) is 0 Å². The normalized spacial score (nSPS) is 39.4. The van der Waals surface area contributed by atoms with Crippen molar-refractivity contribution in [2.75, 3.05) is 0 Å². The molecular formula is C16H24O4. The number of carbonyl (C=O) groups is 2. The molecule has 0 amide bonds. The largest absolute Gasteiger partial charge is 0.422 e. The molecule has 4 heteroatoms. The van der Waals surface area contributed by atoms with E-state index < -0.39 is 11.2 Å². The number of hydrogen-bond acceptors (Lipinski definition) is 4. The van der Waals surface area contributed by atoms with E-state index in [0.29, 0.717) is 31.1 Å². The van der Waals surface area contributed by atoms with E-state index in [1.165, 1.54) is 0 Å². The molecular weight excluding hydrogens is 256 g/mol. The summed E-state index contributed by atoms with van der Waals surface area (Å²) in [5.74, 6) is -0.405. The van der Waals surface area contributed by atoms with Crippen molar-refractivity contribution < 1.29 is 19.1 Å². The van der Waals surface area contributed by atoms with Gasteiger partial charge in [0.15, 0.2) is 0 Å². The molecule has 2 saturated carbocycles. The molecule has 0 spiro atoms. The highest BCUT2D eigenvalue weighted by molar-refractivity contribution is 5.77. The van der Waals surface area contributed by atoms with Gasteiger partial charge in [-0.3, -0.25) is 9.59 Å². The Morgan fingerprint density at radius 2 is 1.90 bits per heavy atom. The van der Waals surface area contributed by atoms with Crippen molar-refractivity contribution in [2.24, 2.45) is 23.2 Å². The van der Waals surface area contributed by atoms with Gasteiger partial charge in [0.1, 0.15) is 0 Å². The lowest BCUT2D eigenvalue weighted by Gasteiger charge is -2.43. The van der Waals surface area contributed by atoms with Gasteiger partial charge in [0.05, 0.1) is 11.3 Å². The summed E-state index contributed by atoms with van der Waals surface area (Å²) in [5, 5.41) is 0. The zero-order valence-electron chi connectivity index (χ0n) is 12.6. The van der Waals surface area contributed by atoms with Crippen LogP contribution in [0.25, 0.3) is 0 Å². The van der Waals surface area contributed by atoms with Crippen LogP contribution in [0.4, 0.5) is 0 Å². The van der Waals surface area contributed by atoms with E-state index in [4.69, 9.17) is 9.47 Å². The Kier molecular flexibility index (Phi) is 3.11. The second-order valence-electron chi connectivity index (χ2n) is 7.50. The van der Waals surface area contributed by atoms with Gasteiger partial charge >= 0.3 is 11.9 Å². The van der Waals surface area contributed by atoms with Crippen LogP contribution in [0.2, 0.25) is 0 Å². The molecule has 2 saturated heterocycles. The average Bonchev–Trinajstić information content (AvgIpc) is 2.50. The van der Waals surface area contributed by atoms with Crippen LogP contribution < -0.4 is 0 Å². The van der Waals surface area contributed by atoms with Crippen molar-refractivity contribution in [3.8, 4) is 0 Å². The maximum atomic E-state index is 12.4. The summed E-state index contributed by atoms with van der Waals surface area (Å²) in [6.07, 6.45) is 5.07. The van der Waals surface area contributed by atoms with Crippen molar-refractivity contribution in [3.05, 3.63) is 0 Å². The minimum Gasteiger partial charge on any atom is -0.422 e. The monoisotopic (exact) mass is 280 g/mol. The number of rotatable bonds is 3. The second-order valence-corrected chi connectivity index (χ2v) is 7.50. The zero-order chi connectivity index (χ0) is 14.5. The standard InChI is InChI=1S/C16H24O4/c1-4-15(2,3)14(18)20-16-8-10-5-11(9-16)7-12(6-10)13(17)19-16/h10-12H,4-9H2,1-3H3. The molecule has 4 fully saturated rings. The molecule has 2 atom stereocenters. The summed E-state index contributed by atoms with van der Waals surface area (Å²) in [6.45, 7) is 5.73. The Hall–Kier alpha value is -1.06. The van der Waals surface area contributed by atoms with Crippen LogP contribution in [0.5, 0.6) is 0 Å². The Morgan fingerprint density at radius 1 is 1.30 bits per heavy atom. The molecule has 2 aliphatic carbocycles. The molecule has 4 rings (SSSR count). The molecule has 4 bridgehead atoms. The third-order valence-electron chi connectivity index (χ3n) is 5.44. The van der Waals surface area contributed by atoms with E-state index in [0.717, 1.165) is 19.3 Å². The number of ether oxygens (including phenoxy) is 2. The summed E-state index contributed by atoms with van der Waals surface area (Å²) >= 11 is 0. The molecule has 2 aliphatic heterocycles. The third-order valence-corrected chi connectivity index (χ3v) is 5.44. The van der Waals surface area contributed by atoms with Gasteiger partial charge in [0.25, 0.3) is 5.79 Å². The molecule has 0 radical (unpaired) electrons. The van der Waals surface area contributed by atoms with Crippen LogP contribution in [-0.4, -0.2) is 17.7 Å². The molecule has 4 aliphatic rings. The molecule has 112 valence electrons. The topological polar surface area (TPSA) is 52.6 Å².